The third kappa shape index (κ3) is 5.55. The van der Waals surface area contributed by atoms with Crippen molar-refractivity contribution in [2.45, 2.75) is 65.2 Å². The van der Waals surface area contributed by atoms with Crippen molar-refractivity contribution in [1.29, 1.82) is 0 Å². The number of pyridine rings is 2. The number of hydrogen-bond acceptors (Lipinski definition) is 6. The lowest BCUT2D eigenvalue weighted by atomic mass is 9.87. The molecule has 6 nitrogen and oxygen atoms in total. The van der Waals surface area contributed by atoms with Gasteiger partial charge in [-0.25, -0.2) is 0 Å². The van der Waals surface area contributed by atoms with Crippen LogP contribution < -0.4 is 19.6 Å². The molecule has 0 amide bonds. The third-order valence-electron chi connectivity index (χ3n) is 8.64. The van der Waals surface area contributed by atoms with Gasteiger partial charge in [0.15, 0.2) is 0 Å². The fourth-order valence-electron chi connectivity index (χ4n) is 6.06. The molecule has 0 saturated heterocycles. The Morgan fingerprint density at radius 2 is 0.905 bits per heavy atom. The predicted octanol–water partition coefficient (Wildman–Crippen LogP) is 8.38. The van der Waals surface area contributed by atoms with E-state index in [-0.39, 0.29) is 10.8 Å². The Morgan fingerprint density at radius 3 is 1.26 bits per heavy atom. The second-order valence-corrected chi connectivity index (χ2v) is 13.7. The number of rotatable bonds is 7. The van der Waals surface area contributed by atoms with Gasteiger partial charge in [0.25, 0.3) is 0 Å². The molecule has 0 fully saturated rings. The quantitative estimate of drug-likeness (QED) is 0.211. The molecule has 6 heteroatoms. The molecule has 2 aromatic carbocycles. The Balaban J connectivity index is 1.09. The molecular weight excluding hydrogens is 516 g/mol. The fraction of sp³-hybridized carbons (Fsp3) is 0.389. The molecule has 0 N–H and O–H groups in total. The van der Waals surface area contributed by atoms with Crippen LogP contribution in [0.5, 0.6) is 0 Å². The Bertz CT molecular complexity index is 1400. The first-order valence-corrected chi connectivity index (χ1v) is 15.2. The Labute approximate surface area is 251 Å². The number of fused-ring (bicyclic) bond motifs is 2. The SMILES string of the molecule is CC(C)(C)c1ccc(N2CN(CCCCN3CN(c4ccc(C(C)(C)C)cc4)c4ccncc43)c3cnccc32)cc1. The summed E-state index contributed by atoms with van der Waals surface area (Å²) in [4.78, 5) is 18.7. The largest absolute Gasteiger partial charge is 0.351 e. The van der Waals surface area contributed by atoms with E-state index in [2.05, 4.69) is 132 Å². The summed E-state index contributed by atoms with van der Waals surface area (Å²) in [5.41, 5.74) is 10.4. The van der Waals surface area contributed by atoms with Crippen molar-refractivity contribution in [3.05, 3.63) is 96.6 Å². The maximum atomic E-state index is 4.46. The molecule has 0 saturated carbocycles. The van der Waals surface area contributed by atoms with Crippen LogP contribution in [0.2, 0.25) is 0 Å². The zero-order valence-electron chi connectivity index (χ0n) is 26.0. The van der Waals surface area contributed by atoms with E-state index in [1.165, 1.54) is 45.3 Å². The molecule has 2 aromatic heterocycles. The van der Waals surface area contributed by atoms with Crippen molar-refractivity contribution in [2.75, 3.05) is 46.0 Å². The minimum absolute atomic E-state index is 0.150. The fourth-order valence-corrected chi connectivity index (χ4v) is 6.06. The van der Waals surface area contributed by atoms with Crippen molar-refractivity contribution in [3.63, 3.8) is 0 Å². The van der Waals surface area contributed by atoms with E-state index in [0.29, 0.717) is 0 Å². The molecule has 0 spiro atoms. The second-order valence-electron chi connectivity index (χ2n) is 13.7. The Morgan fingerprint density at radius 1 is 0.524 bits per heavy atom. The van der Waals surface area contributed by atoms with Gasteiger partial charge in [-0.2, -0.15) is 0 Å². The van der Waals surface area contributed by atoms with Gasteiger partial charge < -0.3 is 19.6 Å². The molecule has 6 rings (SSSR count). The van der Waals surface area contributed by atoms with Gasteiger partial charge in [0, 0.05) is 36.9 Å². The molecule has 4 aromatic rings. The minimum Gasteiger partial charge on any atom is -0.351 e. The first kappa shape index (κ1) is 28.1. The van der Waals surface area contributed by atoms with Crippen molar-refractivity contribution >= 4 is 34.1 Å². The summed E-state index contributed by atoms with van der Waals surface area (Å²) in [5, 5.41) is 0. The number of benzene rings is 2. The van der Waals surface area contributed by atoms with Crippen molar-refractivity contribution in [1.82, 2.24) is 9.97 Å². The van der Waals surface area contributed by atoms with Crippen LogP contribution in [0.3, 0.4) is 0 Å². The maximum absolute atomic E-state index is 4.46. The summed E-state index contributed by atoms with van der Waals surface area (Å²) >= 11 is 0. The average molecular weight is 561 g/mol. The molecule has 0 unspecified atom stereocenters. The zero-order valence-corrected chi connectivity index (χ0v) is 26.0. The van der Waals surface area contributed by atoms with E-state index < -0.39 is 0 Å². The Kier molecular flexibility index (Phi) is 7.34. The summed E-state index contributed by atoms with van der Waals surface area (Å²) in [6.07, 6.45) is 10.1. The highest BCUT2D eigenvalue weighted by Crippen LogP contribution is 2.42. The van der Waals surface area contributed by atoms with E-state index in [1.807, 2.05) is 24.8 Å². The Hall–Kier alpha value is -4.06. The van der Waals surface area contributed by atoms with Crippen LogP contribution in [0.4, 0.5) is 34.1 Å². The number of anilines is 6. The molecule has 0 atom stereocenters. The van der Waals surface area contributed by atoms with Gasteiger partial charge in [0.05, 0.1) is 48.5 Å². The molecule has 218 valence electrons. The summed E-state index contributed by atoms with van der Waals surface area (Å²) in [5.74, 6) is 0. The minimum atomic E-state index is 0.150. The lowest BCUT2D eigenvalue weighted by Crippen LogP contribution is -2.31. The molecule has 0 radical (unpaired) electrons. The molecule has 2 aliphatic rings. The van der Waals surface area contributed by atoms with Crippen molar-refractivity contribution < 1.29 is 0 Å². The van der Waals surface area contributed by atoms with E-state index in [9.17, 15) is 0 Å². The number of aromatic nitrogens is 2. The molecule has 0 aliphatic carbocycles. The smallest absolute Gasteiger partial charge is 0.0953 e. The topological polar surface area (TPSA) is 38.7 Å². The molecular formula is C36H44N6. The van der Waals surface area contributed by atoms with Gasteiger partial charge in [-0.3, -0.25) is 9.97 Å². The van der Waals surface area contributed by atoms with Crippen LogP contribution in [0.15, 0.2) is 85.5 Å². The van der Waals surface area contributed by atoms with Gasteiger partial charge in [-0.1, -0.05) is 65.8 Å². The van der Waals surface area contributed by atoms with E-state index in [4.69, 9.17) is 0 Å². The lowest BCUT2D eigenvalue weighted by molar-refractivity contribution is 0.590. The van der Waals surface area contributed by atoms with Gasteiger partial charge >= 0.3 is 0 Å². The standard InChI is InChI=1S/C36H44N6/c1-35(2,3)27-9-13-29(14-10-27)41-25-39(33-23-37-19-17-31(33)41)21-7-8-22-40-26-42(32-18-20-38-24-34(32)40)30-15-11-28(12-16-30)36(4,5)6/h9-20,23-24H,7-8,21-22,25-26H2,1-6H3. The van der Waals surface area contributed by atoms with Crippen LogP contribution in [-0.4, -0.2) is 36.4 Å². The normalized spacial score (nSPS) is 14.9. The van der Waals surface area contributed by atoms with Gasteiger partial charge in [0.2, 0.25) is 0 Å². The van der Waals surface area contributed by atoms with Crippen LogP contribution in [0.25, 0.3) is 0 Å². The molecule has 42 heavy (non-hydrogen) atoms. The first-order chi connectivity index (χ1) is 20.1. The van der Waals surface area contributed by atoms with Gasteiger partial charge in [-0.15, -0.1) is 0 Å². The summed E-state index contributed by atoms with van der Waals surface area (Å²) in [6, 6.07) is 22.4. The van der Waals surface area contributed by atoms with Gasteiger partial charge in [0.1, 0.15) is 0 Å². The predicted molar refractivity (Wildman–Crippen MR) is 177 cm³/mol. The third-order valence-corrected chi connectivity index (χ3v) is 8.64. The monoisotopic (exact) mass is 560 g/mol. The van der Waals surface area contributed by atoms with Crippen LogP contribution in [-0.2, 0) is 10.8 Å². The highest BCUT2D eigenvalue weighted by atomic mass is 15.4. The number of nitrogens with zero attached hydrogens (tertiary/aromatic N) is 6. The van der Waals surface area contributed by atoms with Crippen LogP contribution in [0, 0.1) is 0 Å². The van der Waals surface area contributed by atoms with E-state index in [1.54, 1.807) is 0 Å². The van der Waals surface area contributed by atoms with E-state index in [0.717, 1.165) is 39.3 Å². The molecule has 4 heterocycles. The number of unbranched alkanes of at least 4 members (excludes halogenated alkanes) is 1. The van der Waals surface area contributed by atoms with Crippen molar-refractivity contribution in [3.8, 4) is 0 Å². The zero-order chi connectivity index (χ0) is 29.5. The lowest BCUT2D eigenvalue weighted by Gasteiger charge is -2.25. The van der Waals surface area contributed by atoms with Gasteiger partial charge in [-0.05, 0) is 71.2 Å². The van der Waals surface area contributed by atoms with Crippen molar-refractivity contribution in [2.24, 2.45) is 0 Å². The summed E-state index contributed by atoms with van der Waals surface area (Å²) < 4.78 is 0. The average Bonchev–Trinajstić information content (AvgIpc) is 3.53. The first-order valence-electron chi connectivity index (χ1n) is 15.2. The highest BCUT2D eigenvalue weighted by molar-refractivity contribution is 5.82. The van der Waals surface area contributed by atoms with Crippen LogP contribution >= 0.6 is 0 Å². The summed E-state index contributed by atoms with van der Waals surface area (Å²) in [7, 11) is 0. The second kappa shape index (κ2) is 11.0. The summed E-state index contributed by atoms with van der Waals surface area (Å²) in [6.45, 7) is 17.3. The molecule has 2 aliphatic heterocycles. The highest BCUT2D eigenvalue weighted by Gasteiger charge is 2.29. The number of hydrogen-bond donors (Lipinski definition) is 0. The maximum Gasteiger partial charge on any atom is 0.0953 e. The van der Waals surface area contributed by atoms with E-state index >= 15 is 0 Å². The van der Waals surface area contributed by atoms with Crippen LogP contribution in [0.1, 0.15) is 65.5 Å². The molecule has 0 bridgehead atoms.